The number of carbonyl (C=O) groups excluding carboxylic acids is 3. The summed E-state index contributed by atoms with van der Waals surface area (Å²) in [5.41, 5.74) is 3.26. The Morgan fingerprint density at radius 1 is 1.03 bits per heavy atom. The maximum atomic E-state index is 13.2. The van der Waals surface area contributed by atoms with E-state index < -0.39 is 47.7 Å². The number of fused-ring (bicyclic) bond motifs is 1. The van der Waals surface area contributed by atoms with Crippen LogP contribution >= 0.6 is 0 Å². The summed E-state index contributed by atoms with van der Waals surface area (Å²) < 4.78 is 5.23. The van der Waals surface area contributed by atoms with Crippen LogP contribution in [0, 0.1) is 5.92 Å². The van der Waals surface area contributed by atoms with Crippen molar-refractivity contribution in [3.63, 3.8) is 0 Å². The molecule has 2 rings (SSSR count). The highest BCUT2D eigenvalue weighted by Gasteiger charge is 2.31. The quantitative estimate of drug-likeness (QED) is 0.321. The summed E-state index contributed by atoms with van der Waals surface area (Å²) in [5.74, 6) is -1.81. The second-order valence-corrected chi connectivity index (χ2v) is 10.7. The first-order valence-electron chi connectivity index (χ1n) is 12.4. The van der Waals surface area contributed by atoms with Gasteiger partial charge in [0.1, 0.15) is 17.7 Å². The van der Waals surface area contributed by atoms with Gasteiger partial charge in [0.15, 0.2) is 0 Å². The van der Waals surface area contributed by atoms with Crippen LogP contribution < -0.4 is 16.1 Å². The molecule has 0 saturated heterocycles. The largest absolute Gasteiger partial charge is 0.480 e. The van der Waals surface area contributed by atoms with Crippen LogP contribution in [0.25, 0.3) is 10.9 Å². The number of carboxylic acid groups (broad SMARTS) is 1. The van der Waals surface area contributed by atoms with Crippen LogP contribution in [0.2, 0.25) is 0 Å². The van der Waals surface area contributed by atoms with Gasteiger partial charge < -0.3 is 25.5 Å². The van der Waals surface area contributed by atoms with Crippen LogP contribution in [0.3, 0.4) is 0 Å². The Balaban J connectivity index is 2.16. The zero-order valence-corrected chi connectivity index (χ0v) is 22.5. The summed E-state index contributed by atoms with van der Waals surface area (Å²) >= 11 is 0. The molecule has 0 aliphatic carbocycles. The van der Waals surface area contributed by atoms with Crippen molar-refractivity contribution in [1.82, 2.24) is 26.1 Å². The number of H-pyrrole nitrogens is 1. The predicted molar refractivity (Wildman–Crippen MR) is 140 cm³/mol. The van der Waals surface area contributed by atoms with Crippen LogP contribution in [0.5, 0.6) is 0 Å². The first-order valence-corrected chi connectivity index (χ1v) is 12.4. The lowest BCUT2D eigenvalue weighted by molar-refractivity contribution is -0.142. The molecule has 1 aromatic heterocycles. The minimum atomic E-state index is -1.21. The first kappa shape index (κ1) is 29.5. The number of carbonyl (C=O) groups is 4. The molecule has 0 bridgehead atoms. The van der Waals surface area contributed by atoms with Crippen LogP contribution in [-0.4, -0.2) is 62.8 Å². The summed E-state index contributed by atoms with van der Waals surface area (Å²) in [6, 6.07) is 4.08. The summed E-state index contributed by atoms with van der Waals surface area (Å²) in [6.45, 7) is 12.2. The lowest BCUT2D eigenvalue weighted by Crippen LogP contribution is -2.59. The summed E-state index contributed by atoms with van der Waals surface area (Å²) in [4.78, 5) is 53.6. The van der Waals surface area contributed by atoms with Crippen LogP contribution in [0.15, 0.2) is 30.5 Å². The van der Waals surface area contributed by atoms with Crippen molar-refractivity contribution < 1.29 is 29.0 Å². The molecule has 0 spiro atoms. The number of aromatic amines is 1. The number of para-hydroxylation sites is 1. The number of hydrogen-bond donors (Lipinski definition) is 5. The fourth-order valence-electron chi connectivity index (χ4n) is 3.73. The molecule has 0 aliphatic rings. The second-order valence-electron chi connectivity index (χ2n) is 10.7. The summed E-state index contributed by atoms with van der Waals surface area (Å²) in [7, 11) is 0. The fraction of sp³-hybridized carbons (Fsp3) is 0.538. The normalized spacial score (nSPS) is 13.2. The number of nitrogens with one attached hydrogen (secondary N) is 4. The number of hydrazine groups is 1. The van der Waals surface area contributed by atoms with E-state index in [1.807, 2.05) is 38.1 Å². The molecule has 1 aromatic carbocycles. The molecule has 2 atom stereocenters. The third-order valence-electron chi connectivity index (χ3n) is 5.38. The number of hydrogen-bond acceptors (Lipinski definition) is 5. The second kappa shape index (κ2) is 12.5. The Hall–Kier alpha value is -3.76. The van der Waals surface area contributed by atoms with Gasteiger partial charge in [0.25, 0.3) is 0 Å². The lowest BCUT2D eigenvalue weighted by Gasteiger charge is -2.31. The Kier molecular flexibility index (Phi) is 9.93. The topological polar surface area (TPSA) is 153 Å². The van der Waals surface area contributed by atoms with Gasteiger partial charge in [0.05, 0.1) is 0 Å². The Labute approximate surface area is 217 Å². The highest BCUT2D eigenvalue weighted by molar-refractivity contribution is 5.91. The van der Waals surface area contributed by atoms with Gasteiger partial charge in [-0.1, -0.05) is 32.0 Å². The van der Waals surface area contributed by atoms with Crippen LogP contribution in [-0.2, 0) is 20.7 Å². The van der Waals surface area contributed by atoms with Gasteiger partial charge in [-0.25, -0.2) is 24.8 Å². The molecule has 0 aliphatic heterocycles. The number of benzene rings is 1. The Morgan fingerprint density at radius 2 is 1.68 bits per heavy atom. The molecule has 11 heteroatoms. The number of rotatable bonds is 9. The van der Waals surface area contributed by atoms with E-state index in [1.54, 1.807) is 40.8 Å². The number of carboxylic acids is 1. The van der Waals surface area contributed by atoms with Crippen molar-refractivity contribution in [3.8, 4) is 0 Å². The molecule has 37 heavy (non-hydrogen) atoms. The number of aliphatic carboxylic acids is 1. The maximum Gasteiger partial charge on any atom is 0.426 e. The highest BCUT2D eigenvalue weighted by Crippen LogP contribution is 2.19. The SMILES string of the molecule is CC(C)C[C@H](NC(=O)N(NC(=O)OC(C)(C)C)C(C)C)C(=O)N[C@@H](Cc1c[nH]c2ccccc12)C(=O)O. The number of nitrogens with zero attached hydrogens (tertiary/aromatic N) is 1. The average Bonchev–Trinajstić information content (AvgIpc) is 3.17. The molecule has 2 aromatic rings. The van der Waals surface area contributed by atoms with Gasteiger partial charge in [0.2, 0.25) is 5.91 Å². The van der Waals surface area contributed by atoms with E-state index in [9.17, 15) is 24.3 Å². The number of urea groups is 1. The van der Waals surface area contributed by atoms with Gasteiger partial charge in [-0.2, -0.15) is 0 Å². The smallest absolute Gasteiger partial charge is 0.426 e. The minimum absolute atomic E-state index is 0.0132. The van der Waals surface area contributed by atoms with E-state index in [0.29, 0.717) is 0 Å². The fourth-order valence-corrected chi connectivity index (χ4v) is 3.73. The van der Waals surface area contributed by atoms with E-state index >= 15 is 0 Å². The molecule has 11 nitrogen and oxygen atoms in total. The van der Waals surface area contributed by atoms with Crippen molar-refractivity contribution in [2.24, 2.45) is 5.92 Å². The summed E-state index contributed by atoms with van der Waals surface area (Å²) in [6.07, 6.45) is 1.23. The number of aromatic nitrogens is 1. The van der Waals surface area contributed by atoms with E-state index in [0.717, 1.165) is 21.5 Å². The standard InChI is InChI=1S/C26H39N5O6/c1-15(2)12-20(29-24(35)31(16(3)4)30-25(36)37-26(5,6)7)22(32)28-21(23(33)34)13-17-14-27-19-11-9-8-10-18(17)19/h8-11,14-16,20-21,27H,12-13H2,1-7H3,(H,28,32)(H,29,35)(H,30,36)(H,33,34)/t20-,21-/m0/s1. The summed E-state index contributed by atoms with van der Waals surface area (Å²) in [5, 5.41) is 16.9. The molecule has 4 amide bonds. The maximum absolute atomic E-state index is 13.2. The van der Waals surface area contributed by atoms with E-state index in [2.05, 4.69) is 21.0 Å². The lowest BCUT2D eigenvalue weighted by atomic mass is 10.0. The first-order chi connectivity index (χ1) is 17.2. The van der Waals surface area contributed by atoms with Crippen LogP contribution in [0.4, 0.5) is 9.59 Å². The van der Waals surface area contributed by atoms with E-state index in [-0.39, 0.29) is 18.8 Å². The molecule has 0 unspecified atom stereocenters. The minimum Gasteiger partial charge on any atom is -0.480 e. The highest BCUT2D eigenvalue weighted by atomic mass is 16.6. The van der Waals surface area contributed by atoms with Crippen molar-refractivity contribution >= 4 is 34.9 Å². The number of ether oxygens (including phenoxy) is 1. The van der Waals surface area contributed by atoms with E-state index in [4.69, 9.17) is 4.74 Å². The van der Waals surface area contributed by atoms with Gasteiger partial charge in [-0.15, -0.1) is 0 Å². The third kappa shape index (κ3) is 9.00. The molecule has 204 valence electrons. The third-order valence-corrected chi connectivity index (χ3v) is 5.38. The zero-order chi connectivity index (χ0) is 27.9. The Morgan fingerprint density at radius 3 is 2.24 bits per heavy atom. The monoisotopic (exact) mass is 517 g/mol. The molecule has 1 heterocycles. The van der Waals surface area contributed by atoms with E-state index in [1.165, 1.54) is 0 Å². The van der Waals surface area contributed by atoms with Crippen molar-refractivity contribution in [2.45, 2.75) is 85.0 Å². The average molecular weight is 518 g/mol. The van der Waals surface area contributed by atoms with Gasteiger partial charge in [0, 0.05) is 29.6 Å². The van der Waals surface area contributed by atoms with Gasteiger partial charge in [-0.3, -0.25) is 4.79 Å². The molecular weight excluding hydrogens is 478 g/mol. The van der Waals surface area contributed by atoms with Crippen molar-refractivity contribution in [1.29, 1.82) is 0 Å². The molecule has 5 N–H and O–H groups in total. The molecule has 0 saturated carbocycles. The Bertz CT molecular complexity index is 1100. The zero-order valence-electron chi connectivity index (χ0n) is 22.5. The van der Waals surface area contributed by atoms with Gasteiger partial charge in [-0.05, 0) is 58.6 Å². The number of amides is 4. The molecule has 0 fully saturated rings. The van der Waals surface area contributed by atoms with Crippen molar-refractivity contribution in [2.75, 3.05) is 0 Å². The molecule has 0 radical (unpaired) electrons. The van der Waals surface area contributed by atoms with Gasteiger partial charge >= 0.3 is 18.1 Å². The van der Waals surface area contributed by atoms with Crippen LogP contribution in [0.1, 0.15) is 60.5 Å². The van der Waals surface area contributed by atoms with Crippen molar-refractivity contribution in [3.05, 3.63) is 36.0 Å². The molecular formula is C26H39N5O6. The predicted octanol–water partition coefficient (Wildman–Crippen LogP) is 3.55.